The molecule has 0 radical (unpaired) electrons. The van der Waals surface area contributed by atoms with Crippen LogP contribution in [0.15, 0.2) is 17.6 Å². The first-order valence-corrected chi connectivity index (χ1v) is 6.39. The minimum Gasteiger partial charge on any atom is -0.339 e. The van der Waals surface area contributed by atoms with Gasteiger partial charge in [-0.05, 0) is 12.8 Å². The molecule has 16 heavy (non-hydrogen) atoms. The third-order valence-corrected chi connectivity index (χ3v) is 4.40. The van der Waals surface area contributed by atoms with Crippen molar-refractivity contribution in [1.82, 2.24) is 13.9 Å². The van der Waals surface area contributed by atoms with Gasteiger partial charge in [0.1, 0.15) is 6.04 Å². The molecule has 1 atom stereocenters. The van der Waals surface area contributed by atoms with Crippen LogP contribution in [0.4, 0.5) is 0 Å². The molecule has 7 heteroatoms. The van der Waals surface area contributed by atoms with Crippen molar-refractivity contribution in [2.75, 3.05) is 6.54 Å². The van der Waals surface area contributed by atoms with Crippen LogP contribution in [0.1, 0.15) is 12.8 Å². The van der Waals surface area contributed by atoms with Gasteiger partial charge in [0.05, 0.1) is 12.4 Å². The highest BCUT2D eigenvalue weighted by Gasteiger charge is 2.36. The summed E-state index contributed by atoms with van der Waals surface area (Å²) in [5, 5.41) is 8.88. The van der Waals surface area contributed by atoms with Crippen LogP contribution >= 0.6 is 0 Å². The van der Waals surface area contributed by atoms with Crippen molar-refractivity contribution in [3.05, 3.63) is 12.5 Å². The van der Waals surface area contributed by atoms with E-state index in [4.69, 9.17) is 5.26 Å². The molecule has 0 saturated carbocycles. The number of nitriles is 1. The predicted octanol–water partition coefficient (Wildman–Crippen LogP) is 0.0968. The molecule has 1 unspecified atom stereocenters. The lowest BCUT2D eigenvalue weighted by Crippen LogP contribution is -2.34. The topological polar surface area (TPSA) is 79.0 Å². The van der Waals surface area contributed by atoms with Crippen LogP contribution in [-0.2, 0) is 17.1 Å². The highest BCUT2D eigenvalue weighted by Crippen LogP contribution is 2.24. The number of imidazole rings is 1. The maximum atomic E-state index is 12.1. The normalized spacial score (nSPS) is 22.1. The lowest BCUT2D eigenvalue weighted by atomic mass is 10.2. The van der Waals surface area contributed by atoms with Crippen molar-refractivity contribution < 1.29 is 8.42 Å². The average molecular weight is 240 g/mol. The van der Waals surface area contributed by atoms with E-state index in [-0.39, 0.29) is 5.03 Å². The summed E-state index contributed by atoms with van der Waals surface area (Å²) in [7, 11) is -1.89. The number of aryl methyl sites for hydroxylation is 1. The molecular formula is C9H12N4O2S. The summed E-state index contributed by atoms with van der Waals surface area (Å²) in [6.07, 6.45) is 4.21. The molecule has 0 amide bonds. The molecule has 1 aromatic heterocycles. The summed E-state index contributed by atoms with van der Waals surface area (Å²) in [4.78, 5) is 3.82. The van der Waals surface area contributed by atoms with E-state index < -0.39 is 16.1 Å². The third-order valence-electron chi connectivity index (χ3n) is 2.61. The summed E-state index contributed by atoms with van der Waals surface area (Å²) in [5.41, 5.74) is 0. The number of rotatable bonds is 2. The molecule has 0 aliphatic carbocycles. The van der Waals surface area contributed by atoms with E-state index in [0.29, 0.717) is 13.0 Å². The second-order valence-corrected chi connectivity index (χ2v) is 5.62. The van der Waals surface area contributed by atoms with E-state index in [2.05, 4.69) is 4.98 Å². The Kier molecular flexibility index (Phi) is 2.69. The van der Waals surface area contributed by atoms with Crippen LogP contribution in [0, 0.1) is 11.3 Å². The van der Waals surface area contributed by atoms with Gasteiger partial charge in [0.2, 0.25) is 0 Å². The van der Waals surface area contributed by atoms with E-state index in [1.54, 1.807) is 11.6 Å². The van der Waals surface area contributed by atoms with Crippen LogP contribution in [0.25, 0.3) is 0 Å². The summed E-state index contributed by atoms with van der Waals surface area (Å²) >= 11 is 0. The molecule has 1 fully saturated rings. The lowest BCUT2D eigenvalue weighted by Gasteiger charge is -2.17. The summed E-state index contributed by atoms with van der Waals surface area (Å²) < 4.78 is 27.0. The quantitative estimate of drug-likeness (QED) is 0.734. The Morgan fingerprint density at radius 3 is 2.94 bits per heavy atom. The second kappa shape index (κ2) is 3.88. The number of hydrogen-bond donors (Lipinski definition) is 0. The monoisotopic (exact) mass is 240 g/mol. The van der Waals surface area contributed by atoms with E-state index in [1.165, 1.54) is 16.8 Å². The van der Waals surface area contributed by atoms with Gasteiger partial charge < -0.3 is 4.57 Å². The molecule has 0 N–H and O–H groups in total. The SMILES string of the molecule is Cn1cnc(S(=O)(=O)N2CCCC2C#N)c1. The fourth-order valence-electron chi connectivity index (χ4n) is 1.80. The molecule has 1 saturated heterocycles. The van der Waals surface area contributed by atoms with Gasteiger partial charge in [0, 0.05) is 19.8 Å². The lowest BCUT2D eigenvalue weighted by molar-refractivity contribution is 0.435. The minimum absolute atomic E-state index is 0.0112. The van der Waals surface area contributed by atoms with Crippen molar-refractivity contribution >= 4 is 10.0 Å². The van der Waals surface area contributed by atoms with Crippen molar-refractivity contribution in [2.24, 2.45) is 7.05 Å². The fraction of sp³-hybridized carbons (Fsp3) is 0.556. The minimum atomic E-state index is -3.60. The smallest absolute Gasteiger partial charge is 0.263 e. The Hall–Kier alpha value is -1.39. The van der Waals surface area contributed by atoms with E-state index in [1.807, 2.05) is 6.07 Å². The standard InChI is InChI=1S/C9H12N4O2S/c1-12-6-9(11-7-12)16(14,15)13-4-2-3-8(13)5-10/h6-8H,2-4H2,1H3. The van der Waals surface area contributed by atoms with E-state index in [0.717, 1.165) is 6.42 Å². The summed E-state index contributed by atoms with van der Waals surface area (Å²) in [6, 6.07) is 1.46. The summed E-state index contributed by atoms with van der Waals surface area (Å²) in [5.74, 6) is 0. The van der Waals surface area contributed by atoms with Gasteiger partial charge in [-0.3, -0.25) is 0 Å². The van der Waals surface area contributed by atoms with Gasteiger partial charge in [-0.15, -0.1) is 0 Å². The van der Waals surface area contributed by atoms with Gasteiger partial charge >= 0.3 is 0 Å². The molecule has 2 heterocycles. The fourth-order valence-corrected chi connectivity index (χ4v) is 3.38. The number of aromatic nitrogens is 2. The zero-order chi connectivity index (χ0) is 11.8. The molecule has 0 spiro atoms. The summed E-state index contributed by atoms with van der Waals surface area (Å²) in [6.45, 7) is 0.400. The van der Waals surface area contributed by atoms with Gasteiger partial charge in [-0.1, -0.05) is 0 Å². The molecule has 2 rings (SSSR count). The molecule has 1 aliphatic heterocycles. The second-order valence-electron chi connectivity index (χ2n) is 3.78. The third kappa shape index (κ3) is 1.70. The van der Waals surface area contributed by atoms with Crippen LogP contribution in [-0.4, -0.2) is 34.9 Å². The van der Waals surface area contributed by atoms with Gasteiger partial charge in [0.25, 0.3) is 10.0 Å². The highest BCUT2D eigenvalue weighted by molar-refractivity contribution is 7.89. The highest BCUT2D eigenvalue weighted by atomic mass is 32.2. The maximum absolute atomic E-state index is 12.1. The zero-order valence-corrected chi connectivity index (χ0v) is 9.68. The molecule has 0 bridgehead atoms. The van der Waals surface area contributed by atoms with Gasteiger partial charge in [-0.2, -0.15) is 9.57 Å². The van der Waals surface area contributed by atoms with Gasteiger partial charge in [-0.25, -0.2) is 13.4 Å². The Bertz CT molecular complexity index is 528. The average Bonchev–Trinajstić information content (AvgIpc) is 2.85. The predicted molar refractivity (Wildman–Crippen MR) is 55.7 cm³/mol. The molecule has 0 aromatic carbocycles. The van der Waals surface area contributed by atoms with Crippen LogP contribution in [0.2, 0.25) is 0 Å². The Morgan fingerprint density at radius 2 is 2.38 bits per heavy atom. The molecule has 1 aromatic rings. The van der Waals surface area contributed by atoms with Crippen molar-refractivity contribution in [3.8, 4) is 6.07 Å². The van der Waals surface area contributed by atoms with E-state index in [9.17, 15) is 8.42 Å². The first-order chi connectivity index (χ1) is 7.55. The number of sulfonamides is 1. The van der Waals surface area contributed by atoms with Crippen LogP contribution < -0.4 is 0 Å². The van der Waals surface area contributed by atoms with E-state index >= 15 is 0 Å². The van der Waals surface area contributed by atoms with Crippen LogP contribution in [0.5, 0.6) is 0 Å². The molecule has 1 aliphatic rings. The van der Waals surface area contributed by atoms with Crippen molar-refractivity contribution in [3.63, 3.8) is 0 Å². The largest absolute Gasteiger partial charge is 0.339 e. The molecule has 86 valence electrons. The Labute approximate surface area is 94.2 Å². The molecular weight excluding hydrogens is 228 g/mol. The van der Waals surface area contributed by atoms with Crippen LogP contribution in [0.3, 0.4) is 0 Å². The van der Waals surface area contributed by atoms with Crippen molar-refractivity contribution in [1.29, 1.82) is 5.26 Å². The number of nitrogens with zero attached hydrogens (tertiary/aromatic N) is 4. The Morgan fingerprint density at radius 1 is 1.62 bits per heavy atom. The first kappa shape index (κ1) is 11.1. The maximum Gasteiger partial charge on any atom is 0.263 e. The zero-order valence-electron chi connectivity index (χ0n) is 8.87. The number of hydrogen-bond acceptors (Lipinski definition) is 4. The first-order valence-electron chi connectivity index (χ1n) is 4.95. The molecule has 6 nitrogen and oxygen atoms in total. The van der Waals surface area contributed by atoms with Gasteiger partial charge in [0.15, 0.2) is 5.03 Å². The van der Waals surface area contributed by atoms with Crippen molar-refractivity contribution in [2.45, 2.75) is 23.9 Å². The Balaban J connectivity index is 2.36.